The molecule has 1 aliphatic heterocycles. The molecule has 5 nitrogen and oxygen atoms in total. The lowest BCUT2D eigenvalue weighted by Crippen LogP contribution is -2.44. The van der Waals surface area contributed by atoms with Gasteiger partial charge in [-0.3, -0.25) is 9.67 Å². The number of aromatic nitrogens is 2. The predicted octanol–water partition coefficient (Wildman–Crippen LogP) is 2.83. The largest absolute Gasteiger partial charge is 0.356 e. The highest BCUT2D eigenvalue weighted by Crippen LogP contribution is 2.18. The quantitative estimate of drug-likeness (QED) is 0.345. The number of nitrogens with zero attached hydrogens (tertiary/aromatic N) is 4. The first kappa shape index (κ1) is 18.8. The molecule has 0 aliphatic carbocycles. The van der Waals surface area contributed by atoms with E-state index < -0.39 is 0 Å². The fraction of sp³-hybridized carbons (Fsp3) is 0.444. The van der Waals surface area contributed by atoms with Crippen LogP contribution in [0.2, 0.25) is 0 Å². The van der Waals surface area contributed by atoms with Crippen molar-refractivity contribution in [1.82, 2.24) is 20.0 Å². The highest BCUT2D eigenvalue weighted by molar-refractivity contribution is 14.0. The summed E-state index contributed by atoms with van der Waals surface area (Å²) in [5, 5.41) is 7.80. The molecule has 0 unspecified atom stereocenters. The molecule has 1 aromatic carbocycles. The molecule has 0 radical (unpaired) electrons. The van der Waals surface area contributed by atoms with E-state index in [0.717, 1.165) is 45.0 Å². The van der Waals surface area contributed by atoms with Gasteiger partial charge in [0.25, 0.3) is 0 Å². The molecule has 6 heteroatoms. The van der Waals surface area contributed by atoms with Crippen molar-refractivity contribution in [2.24, 2.45) is 4.99 Å². The number of guanidine groups is 1. The first-order chi connectivity index (χ1) is 11.3. The second-order valence-electron chi connectivity index (χ2n) is 6.05. The Balaban J connectivity index is 0.00000208. The Kier molecular flexibility index (Phi) is 7.08. The topological polar surface area (TPSA) is 45.5 Å². The van der Waals surface area contributed by atoms with E-state index in [1.165, 1.54) is 16.7 Å². The van der Waals surface area contributed by atoms with Gasteiger partial charge in [-0.15, -0.1) is 24.0 Å². The number of benzene rings is 1. The van der Waals surface area contributed by atoms with Crippen LogP contribution in [0, 0.1) is 6.92 Å². The number of aliphatic imine (C=N–C) groups is 1. The summed E-state index contributed by atoms with van der Waals surface area (Å²) >= 11 is 0. The molecule has 0 saturated heterocycles. The van der Waals surface area contributed by atoms with Crippen molar-refractivity contribution in [3.05, 3.63) is 53.3 Å². The lowest BCUT2D eigenvalue weighted by atomic mass is 10.0. The number of halogens is 1. The maximum Gasteiger partial charge on any atom is 0.193 e. The maximum absolute atomic E-state index is 4.44. The van der Waals surface area contributed by atoms with E-state index in [0.29, 0.717) is 0 Å². The summed E-state index contributed by atoms with van der Waals surface area (Å²) in [5.41, 5.74) is 4.09. The van der Waals surface area contributed by atoms with E-state index in [9.17, 15) is 0 Å². The zero-order valence-electron chi connectivity index (χ0n) is 14.4. The van der Waals surface area contributed by atoms with E-state index in [2.05, 4.69) is 57.7 Å². The molecule has 0 atom stereocenters. The molecule has 1 aromatic heterocycles. The number of hydrogen-bond acceptors (Lipinski definition) is 2. The summed E-state index contributed by atoms with van der Waals surface area (Å²) in [6.07, 6.45) is 6.10. The van der Waals surface area contributed by atoms with Gasteiger partial charge >= 0.3 is 0 Å². The minimum Gasteiger partial charge on any atom is -0.356 e. The van der Waals surface area contributed by atoms with Crippen LogP contribution in [0.4, 0.5) is 0 Å². The fourth-order valence-electron chi connectivity index (χ4n) is 3.04. The molecule has 0 saturated carbocycles. The van der Waals surface area contributed by atoms with Crippen LogP contribution in [-0.2, 0) is 19.5 Å². The number of fused-ring (bicyclic) bond motifs is 1. The number of rotatable bonds is 4. The van der Waals surface area contributed by atoms with Gasteiger partial charge in [-0.25, -0.2) is 0 Å². The van der Waals surface area contributed by atoms with E-state index in [1.54, 1.807) is 0 Å². The second-order valence-corrected chi connectivity index (χ2v) is 6.05. The van der Waals surface area contributed by atoms with Crippen LogP contribution in [-0.4, -0.2) is 40.8 Å². The van der Waals surface area contributed by atoms with Crippen molar-refractivity contribution in [2.75, 3.05) is 20.1 Å². The minimum atomic E-state index is 0. The van der Waals surface area contributed by atoms with Gasteiger partial charge in [0.1, 0.15) is 0 Å². The lowest BCUT2D eigenvalue weighted by molar-refractivity contribution is 0.377. The average Bonchev–Trinajstić information content (AvgIpc) is 3.00. The first-order valence-electron chi connectivity index (χ1n) is 8.27. The average molecular weight is 439 g/mol. The first-order valence-corrected chi connectivity index (χ1v) is 8.27. The molecule has 2 heterocycles. The summed E-state index contributed by atoms with van der Waals surface area (Å²) in [4.78, 5) is 6.78. The Morgan fingerprint density at radius 1 is 1.29 bits per heavy atom. The molecule has 2 aromatic rings. The van der Waals surface area contributed by atoms with E-state index >= 15 is 0 Å². The van der Waals surface area contributed by atoms with Crippen LogP contribution in [0.5, 0.6) is 0 Å². The summed E-state index contributed by atoms with van der Waals surface area (Å²) in [6.45, 7) is 5.87. The maximum atomic E-state index is 4.44. The molecule has 3 rings (SSSR count). The Morgan fingerprint density at radius 3 is 2.79 bits per heavy atom. The zero-order valence-corrected chi connectivity index (χ0v) is 16.7. The van der Waals surface area contributed by atoms with Crippen molar-refractivity contribution in [1.29, 1.82) is 0 Å². The molecule has 24 heavy (non-hydrogen) atoms. The summed E-state index contributed by atoms with van der Waals surface area (Å²) in [7, 11) is 1.86. The van der Waals surface area contributed by atoms with Gasteiger partial charge in [-0.1, -0.05) is 24.3 Å². The van der Waals surface area contributed by atoms with Gasteiger partial charge in [0.15, 0.2) is 5.96 Å². The van der Waals surface area contributed by atoms with E-state index in [4.69, 9.17) is 0 Å². The van der Waals surface area contributed by atoms with Gasteiger partial charge in [0.2, 0.25) is 0 Å². The highest BCUT2D eigenvalue weighted by atomic mass is 127. The second kappa shape index (κ2) is 9.05. The van der Waals surface area contributed by atoms with E-state index in [-0.39, 0.29) is 24.0 Å². The predicted molar refractivity (Wildman–Crippen MR) is 109 cm³/mol. The van der Waals surface area contributed by atoms with Crippen LogP contribution in [0.1, 0.15) is 23.1 Å². The van der Waals surface area contributed by atoms with E-state index in [1.807, 2.05) is 17.9 Å². The summed E-state index contributed by atoms with van der Waals surface area (Å²) in [6, 6.07) is 8.69. The Bertz CT molecular complexity index is 680. The third-order valence-electron chi connectivity index (χ3n) is 4.25. The number of hydrogen-bond donors (Lipinski definition) is 1. The van der Waals surface area contributed by atoms with Gasteiger partial charge < -0.3 is 10.2 Å². The molecular formula is C18H26IN5. The smallest absolute Gasteiger partial charge is 0.193 e. The summed E-state index contributed by atoms with van der Waals surface area (Å²) < 4.78 is 2.00. The molecule has 1 aliphatic rings. The van der Waals surface area contributed by atoms with Crippen LogP contribution in [0.25, 0.3) is 0 Å². The Morgan fingerprint density at radius 2 is 2.08 bits per heavy atom. The monoisotopic (exact) mass is 439 g/mol. The minimum absolute atomic E-state index is 0. The number of aryl methyl sites for hydroxylation is 2. The van der Waals surface area contributed by atoms with Crippen molar-refractivity contribution < 1.29 is 0 Å². The van der Waals surface area contributed by atoms with Crippen LogP contribution < -0.4 is 5.32 Å². The Hall–Kier alpha value is -1.57. The van der Waals surface area contributed by atoms with Crippen LogP contribution in [0.3, 0.4) is 0 Å². The fourth-order valence-corrected chi connectivity index (χ4v) is 3.04. The molecule has 0 fully saturated rings. The Labute approximate surface area is 161 Å². The molecular weight excluding hydrogens is 413 g/mol. The standard InChI is InChI=1S/C18H25N5.HI/c1-15-12-21-23(13-15)10-5-9-20-18(19-2)22-11-8-16-6-3-4-7-17(16)14-22;/h3-4,6-7,12-13H,5,8-11,14H2,1-2H3,(H,19,20);1H. The van der Waals surface area contributed by atoms with Gasteiger partial charge in [0, 0.05) is 39.4 Å². The molecule has 0 amide bonds. The molecule has 1 N–H and O–H groups in total. The van der Waals surface area contributed by atoms with Crippen LogP contribution in [0.15, 0.2) is 41.7 Å². The van der Waals surface area contributed by atoms with Crippen molar-refractivity contribution in [2.45, 2.75) is 32.9 Å². The van der Waals surface area contributed by atoms with Gasteiger partial charge in [0.05, 0.1) is 6.20 Å². The molecule has 130 valence electrons. The molecule has 0 bridgehead atoms. The van der Waals surface area contributed by atoms with Crippen molar-refractivity contribution in [3.63, 3.8) is 0 Å². The van der Waals surface area contributed by atoms with Crippen molar-refractivity contribution >= 4 is 29.9 Å². The SMILES string of the molecule is CN=C(NCCCn1cc(C)cn1)N1CCc2ccccc2C1.I. The molecule has 0 spiro atoms. The zero-order chi connectivity index (χ0) is 16.1. The number of nitrogens with one attached hydrogen (secondary N) is 1. The summed E-state index contributed by atoms with van der Waals surface area (Å²) in [5.74, 6) is 0.996. The van der Waals surface area contributed by atoms with Crippen LogP contribution >= 0.6 is 24.0 Å². The third kappa shape index (κ3) is 4.72. The van der Waals surface area contributed by atoms with Crippen molar-refractivity contribution in [3.8, 4) is 0 Å². The third-order valence-corrected chi connectivity index (χ3v) is 4.25. The highest BCUT2D eigenvalue weighted by Gasteiger charge is 2.18. The van der Waals surface area contributed by atoms with Gasteiger partial charge in [-0.05, 0) is 36.5 Å². The normalized spacial score (nSPS) is 14.1. The lowest BCUT2D eigenvalue weighted by Gasteiger charge is -2.31. The van der Waals surface area contributed by atoms with Gasteiger partial charge in [-0.2, -0.15) is 5.10 Å².